The number of carbonyl (C=O) groups excluding carboxylic acids is 1. The van der Waals surface area contributed by atoms with Crippen LogP contribution in [0.1, 0.15) is 21.7 Å². The van der Waals surface area contributed by atoms with Crippen molar-refractivity contribution in [1.29, 1.82) is 0 Å². The Morgan fingerprint density at radius 1 is 1.00 bits per heavy atom. The quantitative estimate of drug-likeness (QED) is 0.716. The maximum absolute atomic E-state index is 13.0. The zero-order chi connectivity index (χ0) is 18.5. The summed E-state index contributed by atoms with van der Waals surface area (Å²) >= 11 is 0. The number of nitrogens with one attached hydrogen (secondary N) is 2. The molecule has 0 aliphatic carbocycles. The first-order valence-electron chi connectivity index (χ1n) is 8.52. The summed E-state index contributed by atoms with van der Waals surface area (Å²) in [7, 11) is 4.18. The monoisotopic (exact) mass is 353 g/mol. The number of rotatable bonds is 6. The highest BCUT2D eigenvalue weighted by molar-refractivity contribution is 5.92. The van der Waals surface area contributed by atoms with Gasteiger partial charge in [-0.05, 0) is 42.0 Å². The molecule has 0 aliphatic rings. The molecule has 3 aromatic rings. The normalized spacial score (nSPS) is 10.9. The first kappa shape index (κ1) is 17.9. The molecule has 0 radical (unpaired) electrons. The van der Waals surface area contributed by atoms with Crippen LogP contribution in [0.15, 0.2) is 65.1 Å². The Bertz CT molecular complexity index is 885. The summed E-state index contributed by atoms with van der Waals surface area (Å²) in [6, 6.07) is 17.4. The number of furan rings is 1. The van der Waals surface area contributed by atoms with Gasteiger partial charge in [0, 0.05) is 17.7 Å². The van der Waals surface area contributed by atoms with Crippen LogP contribution in [0.5, 0.6) is 0 Å². The third-order valence-electron chi connectivity index (χ3n) is 4.06. The van der Waals surface area contributed by atoms with Gasteiger partial charge in [-0.15, -0.1) is 0 Å². The number of benzene rings is 2. The van der Waals surface area contributed by atoms with Crippen molar-refractivity contribution >= 4 is 5.91 Å². The van der Waals surface area contributed by atoms with Crippen LogP contribution < -0.4 is 10.2 Å². The van der Waals surface area contributed by atoms with Gasteiger partial charge in [-0.25, -0.2) is 4.39 Å². The molecular weight excluding hydrogens is 331 g/mol. The molecule has 1 amide bonds. The Labute approximate surface area is 152 Å². The molecule has 2 aromatic carbocycles. The lowest BCUT2D eigenvalue weighted by atomic mass is 10.1. The first-order chi connectivity index (χ1) is 12.5. The summed E-state index contributed by atoms with van der Waals surface area (Å²) in [5, 5.41) is 2.90. The number of amides is 1. The van der Waals surface area contributed by atoms with E-state index in [9.17, 15) is 9.18 Å². The highest BCUT2D eigenvalue weighted by atomic mass is 19.1. The molecule has 1 aromatic heterocycles. The van der Waals surface area contributed by atoms with Crippen molar-refractivity contribution in [3.63, 3.8) is 0 Å². The minimum atomic E-state index is -0.309. The standard InChI is InChI=1S/C21H21FN2O2/c1-24(2)14-17-6-4-3-5-16(17)13-23-21(25)20-12-11-19(26-20)15-7-9-18(22)10-8-15/h3-12H,13-14H2,1-2H3,(H,23,25)/p+1. The van der Waals surface area contributed by atoms with Crippen LogP contribution in [0.4, 0.5) is 4.39 Å². The first-order valence-corrected chi connectivity index (χ1v) is 8.52. The van der Waals surface area contributed by atoms with Gasteiger partial charge in [-0.3, -0.25) is 4.79 Å². The van der Waals surface area contributed by atoms with Crippen molar-refractivity contribution in [2.75, 3.05) is 14.1 Å². The van der Waals surface area contributed by atoms with E-state index in [-0.39, 0.29) is 17.5 Å². The molecule has 5 heteroatoms. The third kappa shape index (κ3) is 4.37. The minimum Gasteiger partial charge on any atom is -0.451 e. The SMILES string of the molecule is C[NH+](C)Cc1ccccc1CNC(=O)c1ccc(-c2ccc(F)cc2)o1. The van der Waals surface area contributed by atoms with Gasteiger partial charge in [0.15, 0.2) is 5.76 Å². The maximum atomic E-state index is 13.0. The highest BCUT2D eigenvalue weighted by Gasteiger charge is 2.13. The second-order valence-electron chi connectivity index (χ2n) is 6.51. The van der Waals surface area contributed by atoms with Crippen LogP contribution in [-0.4, -0.2) is 20.0 Å². The molecule has 2 N–H and O–H groups in total. The van der Waals surface area contributed by atoms with Crippen molar-refractivity contribution < 1.29 is 18.5 Å². The van der Waals surface area contributed by atoms with Crippen LogP contribution in [0.25, 0.3) is 11.3 Å². The maximum Gasteiger partial charge on any atom is 0.287 e. The fourth-order valence-corrected chi connectivity index (χ4v) is 2.78. The molecule has 0 unspecified atom stereocenters. The van der Waals surface area contributed by atoms with Crippen molar-refractivity contribution in [2.45, 2.75) is 13.1 Å². The highest BCUT2D eigenvalue weighted by Crippen LogP contribution is 2.22. The lowest BCUT2D eigenvalue weighted by molar-refractivity contribution is -0.872. The molecule has 1 heterocycles. The summed E-state index contributed by atoms with van der Waals surface area (Å²) in [4.78, 5) is 13.7. The molecule has 0 saturated carbocycles. The molecule has 3 rings (SSSR count). The number of quaternary nitrogens is 1. The fourth-order valence-electron chi connectivity index (χ4n) is 2.78. The number of hydrogen-bond acceptors (Lipinski definition) is 2. The topological polar surface area (TPSA) is 46.7 Å². The van der Waals surface area contributed by atoms with E-state index in [4.69, 9.17) is 4.42 Å². The molecule has 0 bridgehead atoms. The number of hydrogen-bond donors (Lipinski definition) is 2. The summed E-state index contributed by atoms with van der Waals surface area (Å²) in [6.07, 6.45) is 0. The Kier molecular flexibility index (Phi) is 5.49. The van der Waals surface area contributed by atoms with E-state index in [2.05, 4.69) is 25.5 Å². The van der Waals surface area contributed by atoms with E-state index < -0.39 is 0 Å². The van der Waals surface area contributed by atoms with E-state index in [1.165, 1.54) is 22.6 Å². The third-order valence-corrected chi connectivity index (χ3v) is 4.06. The predicted molar refractivity (Wildman–Crippen MR) is 98.2 cm³/mol. The number of halogens is 1. The summed E-state index contributed by atoms with van der Waals surface area (Å²) in [5.41, 5.74) is 3.02. The molecule has 0 saturated heterocycles. The summed E-state index contributed by atoms with van der Waals surface area (Å²) in [5.74, 6) is 0.189. The molecule has 4 nitrogen and oxygen atoms in total. The molecular formula is C21H22FN2O2+. The van der Waals surface area contributed by atoms with Crippen LogP contribution in [-0.2, 0) is 13.1 Å². The number of carbonyl (C=O) groups is 1. The van der Waals surface area contributed by atoms with Gasteiger partial charge in [0.2, 0.25) is 0 Å². The van der Waals surface area contributed by atoms with E-state index in [0.717, 1.165) is 17.7 Å². The molecule has 0 aliphatic heterocycles. The van der Waals surface area contributed by atoms with Gasteiger partial charge in [0.1, 0.15) is 18.1 Å². The largest absolute Gasteiger partial charge is 0.451 e. The van der Waals surface area contributed by atoms with Gasteiger partial charge in [-0.2, -0.15) is 0 Å². The van der Waals surface area contributed by atoms with E-state index in [1.54, 1.807) is 24.3 Å². The van der Waals surface area contributed by atoms with Crippen LogP contribution >= 0.6 is 0 Å². The molecule has 134 valence electrons. The van der Waals surface area contributed by atoms with Crippen molar-refractivity contribution in [3.05, 3.63) is 83.4 Å². The Morgan fingerprint density at radius 2 is 1.69 bits per heavy atom. The van der Waals surface area contributed by atoms with Gasteiger partial charge >= 0.3 is 0 Å². The van der Waals surface area contributed by atoms with Gasteiger partial charge in [-0.1, -0.05) is 24.3 Å². The molecule has 0 fully saturated rings. The zero-order valence-electron chi connectivity index (χ0n) is 14.9. The van der Waals surface area contributed by atoms with Gasteiger partial charge in [0.05, 0.1) is 14.1 Å². The Balaban J connectivity index is 1.67. The predicted octanol–water partition coefficient (Wildman–Crippen LogP) is 2.66. The van der Waals surface area contributed by atoms with E-state index >= 15 is 0 Å². The average Bonchev–Trinajstić information content (AvgIpc) is 3.11. The van der Waals surface area contributed by atoms with Crippen LogP contribution in [0.2, 0.25) is 0 Å². The van der Waals surface area contributed by atoms with E-state index in [0.29, 0.717) is 12.3 Å². The van der Waals surface area contributed by atoms with Gasteiger partial charge in [0.25, 0.3) is 5.91 Å². The lowest BCUT2D eigenvalue weighted by Gasteiger charge is -2.12. The Morgan fingerprint density at radius 3 is 2.38 bits per heavy atom. The average molecular weight is 353 g/mol. The smallest absolute Gasteiger partial charge is 0.287 e. The summed E-state index contributed by atoms with van der Waals surface area (Å²) < 4.78 is 18.6. The van der Waals surface area contributed by atoms with Crippen molar-refractivity contribution in [2.24, 2.45) is 0 Å². The second kappa shape index (κ2) is 7.97. The van der Waals surface area contributed by atoms with Gasteiger partial charge < -0.3 is 14.6 Å². The van der Waals surface area contributed by atoms with E-state index in [1.807, 2.05) is 18.2 Å². The van der Waals surface area contributed by atoms with Crippen molar-refractivity contribution in [3.8, 4) is 11.3 Å². The molecule has 0 atom stereocenters. The molecule has 26 heavy (non-hydrogen) atoms. The molecule has 0 spiro atoms. The fraction of sp³-hybridized carbons (Fsp3) is 0.190. The Hall–Kier alpha value is -2.92. The van der Waals surface area contributed by atoms with Crippen LogP contribution in [0, 0.1) is 5.82 Å². The van der Waals surface area contributed by atoms with Crippen LogP contribution in [0.3, 0.4) is 0 Å². The minimum absolute atomic E-state index is 0.236. The van der Waals surface area contributed by atoms with Crippen molar-refractivity contribution in [1.82, 2.24) is 5.32 Å². The second-order valence-corrected chi connectivity index (χ2v) is 6.51. The lowest BCUT2D eigenvalue weighted by Crippen LogP contribution is -3.04. The summed E-state index contributed by atoms with van der Waals surface area (Å²) in [6.45, 7) is 1.33. The zero-order valence-corrected chi connectivity index (χ0v) is 14.9.